The number of Topliss-reactive ketones (excluding diaryl/α,β-unsaturated/α-hetero) is 1. The Hall–Kier alpha value is -3.42. The fourth-order valence-corrected chi connectivity index (χ4v) is 5.54. The van der Waals surface area contributed by atoms with E-state index >= 15 is 0 Å². The summed E-state index contributed by atoms with van der Waals surface area (Å²) in [6.45, 7) is 1.65. The molecule has 0 radical (unpaired) electrons. The van der Waals surface area contributed by atoms with Crippen molar-refractivity contribution >= 4 is 39.0 Å². The van der Waals surface area contributed by atoms with Crippen LogP contribution in [0.25, 0.3) is 5.70 Å². The van der Waals surface area contributed by atoms with Crippen molar-refractivity contribution in [2.45, 2.75) is 11.8 Å². The number of sulfonamides is 1. The van der Waals surface area contributed by atoms with Gasteiger partial charge in [0, 0.05) is 17.7 Å². The number of carbonyl (C=O) groups is 2. The van der Waals surface area contributed by atoms with Crippen LogP contribution in [0.1, 0.15) is 33.2 Å². The number of hydrogen-bond acceptors (Lipinski definition) is 4. The minimum atomic E-state index is -4.00. The summed E-state index contributed by atoms with van der Waals surface area (Å²) in [6, 6.07) is 21.1. The zero-order chi connectivity index (χ0) is 22.9. The summed E-state index contributed by atoms with van der Waals surface area (Å²) >= 11 is 6.18. The van der Waals surface area contributed by atoms with Gasteiger partial charge in [-0.25, -0.2) is 8.42 Å². The van der Waals surface area contributed by atoms with E-state index in [1.807, 2.05) is 0 Å². The van der Waals surface area contributed by atoms with Crippen LogP contribution < -0.4 is 5.32 Å². The normalized spacial score (nSPS) is 14.6. The quantitative estimate of drug-likeness (QED) is 0.567. The third-order valence-corrected chi connectivity index (χ3v) is 7.37. The number of hydrogen-bond donors (Lipinski definition) is 1. The molecule has 6 nitrogen and oxygen atoms in total. The molecule has 8 heteroatoms. The molecule has 1 heterocycles. The molecular formula is C24H19ClN2O4S. The number of fused-ring (bicyclic) bond motifs is 1. The molecule has 32 heavy (non-hydrogen) atoms. The molecular weight excluding hydrogens is 448 g/mol. The van der Waals surface area contributed by atoms with Gasteiger partial charge in [0.2, 0.25) is 5.78 Å². The molecule has 4 rings (SSSR count). The van der Waals surface area contributed by atoms with E-state index < -0.39 is 21.7 Å². The highest BCUT2D eigenvalue weighted by Crippen LogP contribution is 2.37. The lowest BCUT2D eigenvalue weighted by molar-refractivity contribution is 0.0972. The van der Waals surface area contributed by atoms with E-state index in [4.69, 9.17) is 11.6 Å². The lowest BCUT2D eigenvalue weighted by Gasteiger charge is -2.33. The third kappa shape index (κ3) is 3.70. The number of rotatable bonds is 5. The first kappa shape index (κ1) is 21.8. The summed E-state index contributed by atoms with van der Waals surface area (Å²) in [5.41, 5.74) is 0.771. The van der Waals surface area contributed by atoms with E-state index in [9.17, 15) is 18.0 Å². The maximum Gasteiger partial charge on any atom is 0.265 e. The summed E-state index contributed by atoms with van der Waals surface area (Å²) in [6.07, 6.45) is 0. The zero-order valence-electron chi connectivity index (χ0n) is 17.1. The largest absolute Gasteiger partial charge is 0.319 e. The summed E-state index contributed by atoms with van der Waals surface area (Å²) in [4.78, 5) is 26.6. The fourth-order valence-electron chi connectivity index (χ4n) is 3.62. The lowest BCUT2D eigenvalue weighted by atomic mass is 10.0. The van der Waals surface area contributed by atoms with Crippen molar-refractivity contribution in [1.29, 1.82) is 0 Å². The van der Waals surface area contributed by atoms with Gasteiger partial charge in [-0.05, 0) is 25.1 Å². The highest BCUT2D eigenvalue weighted by atomic mass is 35.5. The number of amides is 1. The van der Waals surface area contributed by atoms with Crippen molar-refractivity contribution in [3.8, 4) is 0 Å². The molecule has 0 saturated heterocycles. The minimum absolute atomic E-state index is 0.00996. The van der Waals surface area contributed by atoms with Gasteiger partial charge in [-0.1, -0.05) is 72.3 Å². The maximum atomic E-state index is 13.5. The van der Waals surface area contributed by atoms with E-state index in [1.54, 1.807) is 79.7 Å². The molecule has 0 bridgehead atoms. The van der Waals surface area contributed by atoms with Crippen LogP contribution in [-0.2, 0) is 10.0 Å². The molecule has 0 saturated carbocycles. The van der Waals surface area contributed by atoms with Crippen molar-refractivity contribution in [3.63, 3.8) is 0 Å². The second-order valence-electron chi connectivity index (χ2n) is 7.02. The Morgan fingerprint density at radius 1 is 0.906 bits per heavy atom. The van der Waals surface area contributed by atoms with Gasteiger partial charge >= 0.3 is 0 Å². The third-order valence-electron chi connectivity index (χ3n) is 5.11. The summed E-state index contributed by atoms with van der Waals surface area (Å²) in [5, 5.41) is 3.01. The first-order valence-corrected chi connectivity index (χ1v) is 11.7. The zero-order valence-corrected chi connectivity index (χ0v) is 18.7. The van der Waals surface area contributed by atoms with Gasteiger partial charge in [-0.2, -0.15) is 0 Å². The standard InChI is InChI=1S/C24H19ClN2O4S/c1-2-27-22(23(28)16-10-4-3-5-11-16)21(18-13-7-9-15-20(18)32(27,30)31)26-24(29)17-12-6-8-14-19(17)25/h3-15H,2H2,1H3,(H,26,29). The first-order chi connectivity index (χ1) is 15.4. The SMILES string of the molecule is CCN1C(C(=O)c2ccccc2)=C(NC(=O)c2ccccc2Cl)c2ccccc2S1(=O)=O. The molecule has 3 aromatic rings. The smallest absolute Gasteiger partial charge is 0.265 e. The van der Waals surface area contributed by atoms with Gasteiger partial charge < -0.3 is 5.32 Å². The molecule has 1 aliphatic heterocycles. The Bertz CT molecular complexity index is 1350. The van der Waals surface area contributed by atoms with Crippen molar-refractivity contribution in [2.75, 3.05) is 6.54 Å². The predicted octanol–water partition coefficient (Wildman–Crippen LogP) is 4.35. The van der Waals surface area contributed by atoms with Gasteiger partial charge in [0.25, 0.3) is 15.9 Å². The van der Waals surface area contributed by atoms with Crippen molar-refractivity contribution in [2.24, 2.45) is 0 Å². The van der Waals surface area contributed by atoms with Crippen LogP contribution in [0.3, 0.4) is 0 Å². The number of benzene rings is 3. The highest BCUT2D eigenvalue weighted by Gasteiger charge is 2.39. The molecule has 1 N–H and O–H groups in total. The van der Waals surface area contributed by atoms with E-state index in [-0.39, 0.29) is 39.0 Å². The Balaban J connectivity index is 1.96. The monoisotopic (exact) mass is 466 g/mol. The Kier molecular flexibility index (Phi) is 5.86. The first-order valence-electron chi connectivity index (χ1n) is 9.88. The van der Waals surface area contributed by atoms with Crippen LogP contribution in [-0.4, -0.2) is 31.0 Å². The van der Waals surface area contributed by atoms with Gasteiger partial charge in [0.05, 0.1) is 21.2 Å². The second-order valence-corrected chi connectivity index (χ2v) is 9.26. The van der Waals surface area contributed by atoms with Crippen molar-refractivity contribution in [3.05, 3.63) is 106 Å². The lowest BCUT2D eigenvalue weighted by Crippen LogP contribution is -2.41. The van der Waals surface area contributed by atoms with Gasteiger partial charge in [0.15, 0.2) is 0 Å². The molecule has 3 aromatic carbocycles. The van der Waals surface area contributed by atoms with Crippen LogP contribution >= 0.6 is 11.6 Å². The van der Waals surface area contributed by atoms with Crippen LogP contribution in [0, 0.1) is 0 Å². The van der Waals surface area contributed by atoms with Crippen molar-refractivity contribution in [1.82, 2.24) is 9.62 Å². The number of likely N-dealkylation sites (N-methyl/N-ethyl adjacent to an activating group) is 1. The van der Waals surface area contributed by atoms with Gasteiger partial charge in [-0.15, -0.1) is 0 Å². The molecule has 0 atom stereocenters. The molecule has 1 aliphatic rings. The van der Waals surface area contributed by atoms with E-state index in [1.165, 1.54) is 6.07 Å². The van der Waals surface area contributed by atoms with E-state index in [2.05, 4.69) is 5.32 Å². The average molecular weight is 467 g/mol. The summed E-state index contributed by atoms with van der Waals surface area (Å²) in [7, 11) is -4.00. The molecule has 0 fully saturated rings. The molecule has 1 amide bonds. The number of ketones is 1. The van der Waals surface area contributed by atoms with Crippen molar-refractivity contribution < 1.29 is 18.0 Å². The topological polar surface area (TPSA) is 83.6 Å². The van der Waals surface area contributed by atoms with E-state index in [0.29, 0.717) is 5.56 Å². The minimum Gasteiger partial charge on any atom is -0.319 e. The fraction of sp³-hybridized carbons (Fsp3) is 0.0833. The summed E-state index contributed by atoms with van der Waals surface area (Å²) in [5.74, 6) is -1.06. The molecule has 0 unspecified atom stereocenters. The number of nitrogens with one attached hydrogen (secondary N) is 1. The Morgan fingerprint density at radius 3 is 2.22 bits per heavy atom. The molecule has 162 valence electrons. The molecule has 0 aromatic heterocycles. The number of nitrogens with zero attached hydrogens (tertiary/aromatic N) is 1. The molecule has 0 spiro atoms. The summed E-state index contributed by atoms with van der Waals surface area (Å²) < 4.78 is 27.7. The van der Waals surface area contributed by atoms with Gasteiger partial charge in [0.1, 0.15) is 5.70 Å². The predicted molar refractivity (Wildman–Crippen MR) is 123 cm³/mol. The number of halogens is 1. The van der Waals surface area contributed by atoms with Crippen LogP contribution in [0.4, 0.5) is 0 Å². The van der Waals surface area contributed by atoms with Crippen LogP contribution in [0.2, 0.25) is 5.02 Å². The number of allylic oxidation sites excluding steroid dienone is 1. The number of carbonyl (C=O) groups excluding carboxylic acids is 2. The Morgan fingerprint density at radius 2 is 1.53 bits per heavy atom. The van der Waals surface area contributed by atoms with E-state index in [0.717, 1.165) is 4.31 Å². The Labute approximate surface area is 191 Å². The average Bonchev–Trinajstić information content (AvgIpc) is 2.81. The molecule has 0 aliphatic carbocycles. The second kappa shape index (κ2) is 8.61. The van der Waals surface area contributed by atoms with Gasteiger partial charge in [-0.3, -0.25) is 13.9 Å². The van der Waals surface area contributed by atoms with Crippen LogP contribution in [0.15, 0.2) is 89.5 Å². The van der Waals surface area contributed by atoms with Crippen LogP contribution in [0.5, 0.6) is 0 Å². The maximum absolute atomic E-state index is 13.5. The highest BCUT2D eigenvalue weighted by molar-refractivity contribution is 7.89.